The van der Waals surface area contributed by atoms with Gasteiger partial charge in [-0.2, -0.15) is 0 Å². The SMILES string of the molecule is Cc1ccccc1CCNC(=O)[C@@H](N)Cc1ccccc1. The maximum absolute atomic E-state index is 12.0. The third-order valence-corrected chi connectivity index (χ3v) is 3.59. The molecule has 2 aromatic carbocycles. The fourth-order valence-corrected chi connectivity index (χ4v) is 2.30. The van der Waals surface area contributed by atoms with E-state index in [-0.39, 0.29) is 5.91 Å². The van der Waals surface area contributed by atoms with Crippen molar-refractivity contribution in [3.05, 3.63) is 71.3 Å². The van der Waals surface area contributed by atoms with Crippen LogP contribution in [0, 0.1) is 6.92 Å². The maximum atomic E-state index is 12.0. The average Bonchev–Trinajstić information content (AvgIpc) is 2.50. The van der Waals surface area contributed by atoms with Crippen LogP contribution in [0.5, 0.6) is 0 Å². The van der Waals surface area contributed by atoms with Gasteiger partial charge in [0.2, 0.25) is 5.91 Å². The van der Waals surface area contributed by atoms with E-state index in [4.69, 9.17) is 5.73 Å². The van der Waals surface area contributed by atoms with Crippen molar-refractivity contribution in [2.45, 2.75) is 25.8 Å². The van der Waals surface area contributed by atoms with Gasteiger partial charge in [0.1, 0.15) is 0 Å². The van der Waals surface area contributed by atoms with Crippen molar-refractivity contribution >= 4 is 5.91 Å². The highest BCUT2D eigenvalue weighted by Gasteiger charge is 2.13. The van der Waals surface area contributed by atoms with Crippen molar-refractivity contribution in [1.29, 1.82) is 0 Å². The molecule has 0 saturated heterocycles. The largest absolute Gasteiger partial charge is 0.354 e. The third kappa shape index (κ3) is 4.72. The van der Waals surface area contributed by atoms with E-state index in [9.17, 15) is 4.79 Å². The zero-order chi connectivity index (χ0) is 15.1. The minimum Gasteiger partial charge on any atom is -0.354 e. The highest BCUT2D eigenvalue weighted by molar-refractivity contribution is 5.81. The lowest BCUT2D eigenvalue weighted by Crippen LogP contribution is -2.42. The molecule has 2 rings (SSSR count). The Morgan fingerprint density at radius 2 is 1.76 bits per heavy atom. The molecule has 0 aromatic heterocycles. The van der Waals surface area contributed by atoms with E-state index < -0.39 is 6.04 Å². The Morgan fingerprint density at radius 3 is 2.48 bits per heavy atom. The van der Waals surface area contributed by atoms with Crippen LogP contribution < -0.4 is 11.1 Å². The Hall–Kier alpha value is -2.13. The summed E-state index contributed by atoms with van der Waals surface area (Å²) in [5.74, 6) is -0.0903. The normalized spacial score (nSPS) is 11.9. The summed E-state index contributed by atoms with van der Waals surface area (Å²) in [5.41, 5.74) is 9.54. The molecule has 0 radical (unpaired) electrons. The van der Waals surface area contributed by atoms with E-state index in [0.29, 0.717) is 13.0 Å². The van der Waals surface area contributed by atoms with Crippen molar-refractivity contribution in [3.63, 3.8) is 0 Å². The van der Waals surface area contributed by atoms with E-state index in [1.165, 1.54) is 11.1 Å². The smallest absolute Gasteiger partial charge is 0.237 e. The van der Waals surface area contributed by atoms with Gasteiger partial charge in [-0.1, -0.05) is 54.6 Å². The summed E-state index contributed by atoms with van der Waals surface area (Å²) in [5, 5.41) is 2.91. The second kappa shape index (κ2) is 7.60. The minimum absolute atomic E-state index is 0.0903. The van der Waals surface area contributed by atoms with Gasteiger partial charge < -0.3 is 11.1 Å². The molecule has 0 fully saturated rings. The molecule has 0 aliphatic rings. The predicted octanol–water partition coefficient (Wildman–Crippen LogP) is 2.22. The first-order valence-corrected chi connectivity index (χ1v) is 7.28. The van der Waals surface area contributed by atoms with Crippen molar-refractivity contribution in [1.82, 2.24) is 5.32 Å². The van der Waals surface area contributed by atoms with Crippen LogP contribution in [0.25, 0.3) is 0 Å². The number of benzene rings is 2. The van der Waals surface area contributed by atoms with Crippen LogP contribution >= 0.6 is 0 Å². The maximum Gasteiger partial charge on any atom is 0.237 e. The van der Waals surface area contributed by atoms with Gasteiger partial charge >= 0.3 is 0 Å². The summed E-state index contributed by atoms with van der Waals surface area (Å²) >= 11 is 0. The van der Waals surface area contributed by atoms with Crippen LogP contribution in [-0.4, -0.2) is 18.5 Å². The molecule has 3 heteroatoms. The molecule has 1 amide bonds. The van der Waals surface area contributed by atoms with E-state index in [2.05, 4.69) is 24.4 Å². The molecule has 0 saturated carbocycles. The van der Waals surface area contributed by atoms with Crippen molar-refractivity contribution in [2.24, 2.45) is 5.73 Å². The van der Waals surface area contributed by atoms with Gasteiger partial charge in [-0.05, 0) is 36.5 Å². The van der Waals surface area contributed by atoms with Crippen molar-refractivity contribution in [2.75, 3.05) is 6.54 Å². The first kappa shape index (κ1) is 15.3. The summed E-state index contributed by atoms with van der Waals surface area (Å²) < 4.78 is 0. The highest BCUT2D eigenvalue weighted by atomic mass is 16.2. The van der Waals surface area contributed by atoms with Gasteiger partial charge in [-0.3, -0.25) is 4.79 Å². The number of rotatable bonds is 6. The monoisotopic (exact) mass is 282 g/mol. The number of amides is 1. The third-order valence-electron chi connectivity index (χ3n) is 3.59. The van der Waals surface area contributed by atoms with Crippen LogP contribution in [-0.2, 0) is 17.6 Å². The Balaban J connectivity index is 1.78. The molecule has 0 bridgehead atoms. The molecule has 0 aliphatic carbocycles. The Kier molecular flexibility index (Phi) is 5.52. The number of nitrogens with two attached hydrogens (primary N) is 1. The predicted molar refractivity (Wildman–Crippen MR) is 86.0 cm³/mol. The van der Waals surface area contributed by atoms with Gasteiger partial charge in [0.05, 0.1) is 6.04 Å². The second-order valence-electron chi connectivity index (χ2n) is 5.26. The van der Waals surface area contributed by atoms with Gasteiger partial charge in [-0.15, -0.1) is 0 Å². The lowest BCUT2D eigenvalue weighted by Gasteiger charge is -2.13. The fraction of sp³-hybridized carbons (Fsp3) is 0.278. The van der Waals surface area contributed by atoms with Crippen molar-refractivity contribution < 1.29 is 4.79 Å². The van der Waals surface area contributed by atoms with Crippen LogP contribution in [0.4, 0.5) is 0 Å². The quantitative estimate of drug-likeness (QED) is 0.853. The molecular formula is C18H22N2O. The fourth-order valence-electron chi connectivity index (χ4n) is 2.30. The number of carbonyl (C=O) groups is 1. The number of nitrogens with one attached hydrogen (secondary N) is 1. The van der Waals surface area contributed by atoms with Gasteiger partial charge in [0, 0.05) is 6.54 Å². The molecule has 0 heterocycles. The standard InChI is InChI=1S/C18H22N2O/c1-14-7-5-6-10-16(14)11-12-20-18(21)17(19)13-15-8-3-2-4-9-15/h2-10,17H,11-13,19H2,1H3,(H,20,21)/t17-/m0/s1. The van der Waals surface area contributed by atoms with Crippen LogP contribution in [0.3, 0.4) is 0 Å². The van der Waals surface area contributed by atoms with E-state index in [0.717, 1.165) is 12.0 Å². The summed E-state index contributed by atoms with van der Waals surface area (Å²) in [4.78, 5) is 12.0. The molecule has 0 spiro atoms. The Labute approximate surface area is 126 Å². The summed E-state index contributed by atoms with van der Waals surface area (Å²) in [6.45, 7) is 2.70. The topological polar surface area (TPSA) is 55.1 Å². The zero-order valence-electron chi connectivity index (χ0n) is 12.4. The molecule has 3 nitrogen and oxygen atoms in total. The average molecular weight is 282 g/mol. The number of aryl methyl sites for hydroxylation is 1. The zero-order valence-corrected chi connectivity index (χ0v) is 12.4. The molecular weight excluding hydrogens is 260 g/mol. The Bertz CT molecular complexity index is 581. The lowest BCUT2D eigenvalue weighted by molar-refractivity contribution is -0.122. The van der Waals surface area contributed by atoms with Gasteiger partial charge in [0.15, 0.2) is 0 Å². The first-order chi connectivity index (χ1) is 10.2. The van der Waals surface area contributed by atoms with E-state index >= 15 is 0 Å². The highest BCUT2D eigenvalue weighted by Crippen LogP contribution is 2.07. The summed E-state index contributed by atoms with van der Waals surface area (Å²) in [6, 6.07) is 17.6. The van der Waals surface area contributed by atoms with Crippen LogP contribution in [0.1, 0.15) is 16.7 Å². The number of hydrogen-bond donors (Lipinski definition) is 2. The molecule has 3 N–H and O–H groups in total. The van der Waals surface area contributed by atoms with Crippen molar-refractivity contribution in [3.8, 4) is 0 Å². The molecule has 0 unspecified atom stereocenters. The minimum atomic E-state index is -0.496. The van der Waals surface area contributed by atoms with E-state index in [1.807, 2.05) is 42.5 Å². The summed E-state index contributed by atoms with van der Waals surface area (Å²) in [6.07, 6.45) is 1.40. The second-order valence-corrected chi connectivity index (χ2v) is 5.26. The number of hydrogen-bond acceptors (Lipinski definition) is 2. The molecule has 1 atom stereocenters. The number of carbonyl (C=O) groups excluding carboxylic acids is 1. The molecule has 21 heavy (non-hydrogen) atoms. The molecule has 0 aliphatic heterocycles. The Morgan fingerprint density at radius 1 is 1.10 bits per heavy atom. The van der Waals surface area contributed by atoms with Crippen LogP contribution in [0.15, 0.2) is 54.6 Å². The molecule has 110 valence electrons. The van der Waals surface area contributed by atoms with E-state index in [1.54, 1.807) is 0 Å². The van der Waals surface area contributed by atoms with Gasteiger partial charge in [-0.25, -0.2) is 0 Å². The van der Waals surface area contributed by atoms with Gasteiger partial charge in [0.25, 0.3) is 0 Å². The summed E-state index contributed by atoms with van der Waals surface area (Å²) in [7, 11) is 0. The molecule has 2 aromatic rings. The van der Waals surface area contributed by atoms with Crippen LogP contribution in [0.2, 0.25) is 0 Å². The lowest BCUT2D eigenvalue weighted by atomic mass is 10.0. The first-order valence-electron chi connectivity index (χ1n) is 7.28.